The van der Waals surface area contributed by atoms with Gasteiger partial charge in [-0.2, -0.15) is 0 Å². The second kappa shape index (κ2) is 6.00. The van der Waals surface area contributed by atoms with Gasteiger partial charge in [-0.1, -0.05) is 12.7 Å². The van der Waals surface area contributed by atoms with Gasteiger partial charge >= 0.3 is 5.82 Å². The summed E-state index contributed by atoms with van der Waals surface area (Å²) in [5.74, 6) is -0.909. The molecule has 0 spiro atoms. The summed E-state index contributed by atoms with van der Waals surface area (Å²) in [5, 5.41) is 10.9. The Morgan fingerprint density at radius 3 is 2.76 bits per heavy atom. The highest BCUT2D eigenvalue weighted by atomic mass is 19.1. The quantitative estimate of drug-likeness (QED) is 0.621. The van der Waals surface area contributed by atoms with Crippen LogP contribution in [0.25, 0.3) is 6.08 Å². The van der Waals surface area contributed by atoms with Crippen LogP contribution in [-0.2, 0) is 0 Å². The third-order valence-corrected chi connectivity index (χ3v) is 2.65. The van der Waals surface area contributed by atoms with Gasteiger partial charge in [-0.3, -0.25) is 0 Å². The van der Waals surface area contributed by atoms with E-state index in [0.29, 0.717) is 0 Å². The first-order chi connectivity index (χ1) is 10.1. The molecule has 0 saturated carbocycles. The molecule has 0 bridgehead atoms. The van der Waals surface area contributed by atoms with Crippen LogP contribution in [-0.4, -0.2) is 17.0 Å². The van der Waals surface area contributed by atoms with Crippen molar-refractivity contribution in [1.29, 1.82) is 0 Å². The molecule has 0 fully saturated rings. The first-order valence-electron chi connectivity index (χ1n) is 5.84. The molecule has 0 atom stereocenters. The average molecular weight is 290 g/mol. The fourth-order valence-electron chi connectivity index (χ4n) is 1.66. The SMILES string of the molecule is C=Cc1cc(OC)c(Oc2cccnc2[N+](=O)[O-])cc1F. The van der Waals surface area contributed by atoms with Crippen molar-refractivity contribution < 1.29 is 18.8 Å². The highest BCUT2D eigenvalue weighted by Gasteiger charge is 2.19. The summed E-state index contributed by atoms with van der Waals surface area (Å²) in [4.78, 5) is 13.8. The number of benzene rings is 1. The normalized spacial score (nSPS) is 10.0. The number of rotatable bonds is 5. The van der Waals surface area contributed by atoms with Crippen molar-refractivity contribution in [3.8, 4) is 17.2 Å². The molecule has 0 aliphatic heterocycles. The van der Waals surface area contributed by atoms with Crippen LogP contribution in [0.5, 0.6) is 17.2 Å². The molecule has 6 nitrogen and oxygen atoms in total. The minimum Gasteiger partial charge on any atom is -0.493 e. The molecule has 0 N–H and O–H groups in total. The highest BCUT2D eigenvalue weighted by molar-refractivity contribution is 5.56. The maximum atomic E-state index is 13.8. The Morgan fingerprint density at radius 2 is 2.14 bits per heavy atom. The van der Waals surface area contributed by atoms with Crippen LogP contribution < -0.4 is 9.47 Å². The first kappa shape index (κ1) is 14.4. The third-order valence-electron chi connectivity index (χ3n) is 2.65. The fourth-order valence-corrected chi connectivity index (χ4v) is 1.66. The summed E-state index contributed by atoms with van der Waals surface area (Å²) >= 11 is 0. The molecule has 1 heterocycles. The minimum atomic E-state index is -0.684. The highest BCUT2D eigenvalue weighted by Crippen LogP contribution is 2.36. The zero-order valence-corrected chi connectivity index (χ0v) is 11.1. The molecule has 108 valence electrons. The summed E-state index contributed by atoms with van der Waals surface area (Å²) in [5.41, 5.74) is 0.236. The molecule has 0 unspecified atom stereocenters. The number of aromatic nitrogens is 1. The molecule has 0 aliphatic carbocycles. The molecule has 2 aromatic rings. The summed E-state index contributed by atoms with van der Waals surface area (Å²) in [7, 11) is 1.38. The molecule has 7 heteroatoms. The number of ether oxygens (including phenoxy) is 2. The van der Waals surface area contributed by atoms with Gasteiger partial charge in [-0.15, -0.1) is 0 Å². The number of nitrogens with zero attached hydrogens (tertiary/aromatic N) is 2. The summed E-state index contributed by atoms with van der Waals surface area (Å²) < 4.78 is 24.2. The molecular formula is C14H11FN2O4. The lowest BCUT2D eigenvalue weighted by Gasteiger charge is -2.11. The van der Waals surface area contributed by atoms with Crippen molar-refractivity contribution in [1.82, 2.24) is 4.98 Å². The average Bonchev–Trinajstić information content (AvgIpc) is 2.48. The van der Waals surface area contributed by atoms with Gasteiger partial charge in [-0.25, -0.2) is 4.39 Å². The van der Waals surface area contributed by atoms with Gasteiger partial charge in [0.25, 0.3) is 0 Å². The van der Waals surface area contributed by atoms with Crippen LogP contribution in [0.2, 0.25) is 0 Å². The molecule has 1 aromatic heterocycles. The number of hydrogen-bond acceptors (Lipinski definition) is 5. The van der Waals surface area contributed by atoms with E-state index in [4.69, 9.17) is 9.47 Å². The van der Waals surface area contributed by atoms with Crippen molar-refractivity contribution in [3.05, 3.63) is 58.5 Å². The summed E-state index contributed by atoms with van der Waals surface area (Å²) in [6.45, 7) is 3.48. The Hall–Kier alpha value is -2.96. The van der Waals surface area contributed by atoms with E-state index in [9.17, 15) is 14.5 Å². The van der Waals surface area contributed by atoms with E-state index in [0.717, 1.165) is 6.07 Å². The lowest BCUT2D eigenvalue weighted by molar-refractivity contribution is -0.390. The van der Waals surface area contributed by atoms with E-state index < -0.39 is 16.6 Å². The molecule has 0 aliphatic rings. The molecule has 0 amide bonds. The predicted octanol–water partition coefficient (Wildman–Crippen LogP) is 3.57. The van der Waals surface area contributed by atoms with Gasteiger partial charge in [0.15, 0.2) is 11.5 Å². The maximum absolute atomic E-state index is 13.8. The summed E-state index contributed by atoms with van der Waals surface area (Å²) in [6.07, 6.45) is 2.60. The van der Waals surface area contributed by atoms with E-state index in [1.807, 2.05) is 0 Å². The van der Waals surface area contributed by atoms with Gasteiger partial charge < -0.3 is 19.6 Å². The van der Waals surface area contributed by atoms with E-state index >= 15 is 0 Å². The Bertz CT molecular complexity index is 703. The number of halogens is 1. The zero-order valence-electron chi connectivity index (χ0n) is 11.1. The van der Waals surface area contributed by atoms with Crippen molar-refractivity contribution in [2.24, 2.45) is 0 Å². The molecular weight excluding hydrogens is 279 g/mol. The van der Waals surface area contributed by atoms with Crippen LogP contribution in [0.4, 0.5) is 10.2 Å². The van der Waals surface area contributed by atoms with Crippen LogP contribution in [0.3, 0.4) is 0 Å². The topological polar surface area (TPSA) is 74.5 Å². The van der Waals surface area contributed by atoms with Crippen molar-refractivity contribution >= 4 is 11.9 Å². The van der Waals surface area contributed by atoms with Crippen LogP contribution in [0.15, 0.2) is 37.0 Å². The smallest absolute Gasteiger partial charge is 0.406 e. The second-order valence-corrected chi connectivity index (χ2v) is 3.91. The van der Waals surface area contributed by atoms with Gasteiger partial charge in [0.05, 0.1) is 7.11 Å². The van der Waals surface area contributed by atoms with E-state index in [-0.39, 0.29) is 22.8 Å². The number of pyridine rings is 1. The Morgan fingerprint density at radius 1 is 1.38 bits per heavy atom. The Kier molecular flexibility index (Phi) is 4.13. The van der Waals surface area contributed by atoms with Crippen molar-refractivity contribution in [2.75, 3.05) is 7.11 Å². The Labute approximate surface area is 119 Å². The third kappa shape index (κ3) is 2.97. The minimum absolute atomic E-state index is 0.0108. The second-order valence-electron chi connectivity index (χ2n) is 3.91. The van der Waals surface area contributed by atoms with Crippen LogP contribution in [0, 0.1) is 15.9 Å². The lowest BCUT2D eigenvalue weighted by atomic mass is 10.2. The van der Waals surface area contributed by atoms with E-state index in [1.54, 1.807) is 0 Å². The molecule has 0 saturated heterocycles. The standard InChI is InChI=1S/C14H11FN2O4/c1-3-9-7-12(20-2)13(8-10(9)15)21-11-5-4-6-16-14(11)17(18)19/h3-8H,1H2,2H3. The first-order valence-corrected chi connectivity index (χ1v) is 5.84. The number of methoxy groups -OCH3 is 1. The predicted molar refractivity (Wildman–Crippen MR) is 74.0 cm³/mol. The van der Waals surface area contributed by atoms with Gasteiger partial charge in [-0.05, 0) is 28.1 Å². The number of hydrogen-bond donors (Lipinski definition) is 0. The van der Waals surface area contributed by atoms with E-state index in [2.05, 4.69) is 11.6 Å². The van der Waals surface area contributed by atoms with Gasteiger partial charge in [0, 0.05) is 11.6 Å². The lowest BCUT2D eigenvalue weighted by Crippen LogP contribution is -1.98. The van der Waals surface area contributed by atoms with Crippen molar-refractivity contribution in [2.45, 2.75) is 0 Å². The van der Waals surface area contributed by atoms with Gasteiger partial charge in [0.1, 0.15) is 12.0 Å². The largest absolute Gasteiger partial charge is 0.493 e. The summed E-state index contributed by atoms with van der Waals surface area (Å²) in [6, 6.07) is 5.31. The molecule has 1 aromatic carbocycles. The monoisotopic (exact) mass is 290 g/mol. The zero-order chi connectivity index (χ0) is 15.4. The van der Waals surface area contributed by atoms with E-state index in [1.165, 1.54) is 37.6 Å². The molecule has 0 radical (unpaired) electrons. The van der Waals surface area contributed by atoms with Crippen molar-refractivity contribution in [3.63, 3.8) is 0 Å². The molecule has 21 heavy (non-hydrogen) atoms. The van der Waals surface area contributed by atoms with Crippen LogP contribution >= 0.6 is 0 Å². The van der Waals surface area contributed by atoms with Gasteiger partial charge in [0.2, 0.25) is 5.75 Å². The molecule has 2 rings (SSSR count). The maximum Gasteiger partial charge on any atom is 0.406 e. The Balaban J connectivity index is 2.47. The number of nitro groups is 1. The fraction of sp³-hybridized carbons (Fsp3) is 0.0714. The van der Waals surface area contributed by atoms with Crippen LogP contribution in [0.1, 0.15) is 5.56 Å².